The highest BCUT2D eigenvalue weighted by atomic mass is 16.5. The monoisotopic (exact) mass is 351 g/mol. The molecule has 1 heterocycles. The lowest BCUT2D eigenvalue weighted by Crippen LogP contribution is -2.35. The average molecular weight is 352 g/mol. The quantitative estimate of drug-likeness (QED) is 0.639. The molecule has 0 aromatic heterocycles. The lowest BCUT2D eigenvalue weighted by Gasteiger charge is -2.37. The van der Waals surface area contributed by atoms with Gasteiger partial charge in [-0.3, -0.25) is 4.90 Å². The predicted octanol–water partition coefficient (Wildman–Crippen LogP) is 6.19. The van der Waals surface area contributed by atoms with E-state index in [1.807, 2.05) is 0 Å². The highest BCUT2D eigenvalue weighted by Gasteiger charge is 2.30. The van der Waals surface area contributed by atoms with Crippen molar-refractivity contribution >= 4 is 0 Å². The third-order valence-corrected chi connectivity index (χ3v) is 5.42. The number of fused-ring (bicyclic) bond motifs is 1. The molecule has 0 unspecified atom stereocenters. The molecule has 2 aromatic carbocycles. The Morgan fingerprint density at radius 1 is 0.923 bits per heavy atom. The molecule has 1 aliphatic rings. The minimum absolute atomic E-state index is 0.0680. The van der Waals surface area contributed by atoms with E-state index in [0.29, 0.717) is 12.8 Å². The average Bonchev–Trinajstić information content (AvgIpc) is 2.58. The fourth-order valence-corrected chi connectivity index (χ4v) is 3.57. The van der Waals surface area contributed by atoms with Crippen molar-refractivity contribution in [2.45, 2.75) is 71.9 Å². The van der Waals surface area contributed by atoms with Crippen molar-refractivity contribution in [3.63, 3.8) is 0 Å². The van der Waals surface area contributed by atoms with Crippen molar-refractivity contribution in [2.24, 2.45) is 0 Å². The number of nitrogens with zero attached hydrogens (tertiary/aromatic N) is 1. The van der Waals surface area contributed by atoms with Crippen LogP contribution in [-0.2, 0) is 17.4 Å². The van der Waals surface area contributed by atoms with Crippen molar-refractivity contribution in [3.8, 4) is 5.75 Å². The molecule has 0 amide bonds. The highest BCUT2D eigenvalue weighted by molar-refractivity contribution is 5.50. The zero-order chi connectivity index (χ0) is 19.1. The highest BCUT2D eigenvalue weighted by Crippen LogP contribution is 2.41. The molecule has 0 fully saturated rings. The Labute approximate surface area is 159 Å². The van der Waals surface area contributed by atoms with Gasteiger partial charge >= 0.3 is 0 Å². The minimum Gasteiger partial charge on any atom is -0.477 e. The van der Waals surface area contributed by atoms with Gasteiger partial charge in [0.15, 0.2) is 0 Å². The van der Waals surface area contributed by atoms with E-state index in [9.17, 15) is 0 Å². The fraction of sp³-hybridized carbons (Fsp3) is 0.500. The number of benzene rings is 2. The molecule has 0 N–H and O–H groups in total. The Bertz CT molecular complexity index is 765. The van der Waals surface area contributed by atoms with Gasteiger partial charge in [-0.1, -0.05) is 84.0 Å². The second kappa shape index (κ2) is 6.74. The third-order valence-electron chi connectivity index (χ3n) is 5.42. The molecular formula is C24H33NO. The van der Waals surface area contributed by atoms with Crippen LogP contribution >= 0.6 is 0 Å². The Morgan fingerprint density at radius 2 is 1.58 bits per heavy atom. The Kier molecular flexibility index (Phi) is 4.92. The van der Waals surface area contributed by atoms with Crippen LogP contribution in [0.15, 0.2) is 42.5 Å². The number of hydrogen-bond acceptors (Lipinski definition) is 2. The standard InChI is InChI=1S/C24H33NO/c1-17(18-11-9-8-10-12-18)25-15-19-13-20(23(2,3)4)14-21(24(5,6)7)22(19)26-16-25/h8-14,17H,15-16H2,1-7H3/t17-/m0/s1. The summed E-state index contributed by atoms with van der Waals surface area (Å²) >= 11 is 0. The molecule has 0 radical (unpaired) electrons. The molecule has 26 heavy (non-hydrogen) atoms. The topological polar surface area (TPSA) is 12.5 Å². The Balaban J connectivity index is 1.99. The van der Waals surface area contributed by atoms with Gasteiger partial charge in [-0.25, -0.2) is 0 Å². The lowest BCUT2D eigenvalue weighted by atomic mass is 9.78. The molecule has 1 aliphatic heterocycles. The van der Waals surface area contributed by atoms with Crippen molar-refractivity contribution in [2.75, 3.05) is 6.73 Å². The van der Waals surface area contributed by atoms with Crippen LogP contribution in [0.5, 0.6) is 5.75 Å². The number of ether oxygens (including phenoxy) is 1. The van der Waals surface area contributed by atoms with Gasteiger partial charge in [-0.15, -0.1) is 0 Å². The molecular weight excluding hydrogens is 318 g/mol. The largest absolute Gasteiger partial charge is 0.477 e. The maximum atomic E-state index is 6.33. The van der Waals surface area contributed by atoms with E-state index in [1.165, 1.54) is 22.3 Å². The summed E-state index contributed by atoms with van der Waals surface area (Å²) in [6, 6.07) is 15.7. The summed E-state index contributed by atoms with van der Waals surface area (Å²) in [5.41, 5.74) is 5.56. The van der Waals surface area contributed by atoms with Gasteiger partial charge in [0.25, 0.3) is 0 Å². The zero-order valence-corrected chi connectivity index (χ0v) is 17.4. The van der Waals surface area contributed by atoms with E-state index < -0.39 is 0 Å². The molecule has 0 bridgehead atoms. The lowest BCUT2D eigenvalue weighted by molar-refractivity contribution is 0.0599. The zero-order valence-electron chi connectivity index (χ0n) is 17.4. The van der Waals surface area contributed by atoms with Crippen LogP contribution in [0.1, 0.15) is 76.8 Å². The molecule has 0 aliphatic carbocycles. The van der Waals surface area contributed by atoms with Crippen LogP contribution in [0.25, 0.3) is 0 Å². The summed E-state index contributed by atoms with van der Waals surface area (Å²) in [6.45, 7) is 17.5. The molecule has 0 saturated carbocycles. The van der Waals surface area contributed by atoms with Crippen molar-refractivity contribution < 1.29 is 4.74 Å². The molecule has 2 nitrogen and oxygen atoms in total. The summed E-state index contributed by atoms with van der Waals surface area (Å²) < 4.78 is 6.33. The summed E-state index contributed by atoms with van der Waals surface area (Å²) in [7, 11) is 0. The van der Waals surface area contributed by atoms with Gasteiger partial charge in [-0.2, -0.15) is 0 Å². The molecule has 2 heteroatoms. The molecule has 0 spiro atoms. The summed E-state index contributed by atoms with van der Waals surface area (Å²) in [5, 5.41) is 0. The first kappa shape index (κ1) is 19.0. The van der Waals surface area contributed by atoms with Gasteiger partial charge < -0.3 is 4.74 Å². The number of rotatable bonds is 2. The Morgan fingerprint density at radius 3 is 2.15 bits per heavy atom. The maximum Gasteiger partial charge on any atom is 0.142 e. The summed E-state index contributed by atoms with van der Waals surface area (Å²) in [6.07, 6.45) is 0. The van der Waals surface area contributed by atoms with E-state index in [2.05, 4.69) is 95.8 Å². The Hall–Kier alpha value is -1.80. The molecule has 0 saturated heterocycles. The van der Waals surface area contributed by atoms with Crippen LogP contribution in [0, 0.1) is 0 Å². The maximum absolute atomic E-state index is 6.33. The third kappa shape index (κ3) is 3.81. The van der Waals surface area contributed by atoms with Gasteiger partial charge in [-0.05, 0) is 28.9 Å². The van der Waals surface area contributed by atoms with Crippen LogP contribution in [0.3, 0.4) is 0 Å². The fourth-order valence-electron chi connectivity index (χ4n) is 3.57. The van der Waals surface area contributed by atoms with Crippen molar-refractivity contribution in [1.82, 2.24) is 4.90 Å². The molecule has 140 valence electrons. The van der Waals surface area contributed by atoms with E-state index >= 15 is 0 Å². The van der Waals surface area contributed by atoms with Crippen LogP contribution in [-0.4, -0.2) is 11.6 Å². The first-order chi connectivity index (χ1) is 12.1. The first-order valence-corrected chi connectivity index (χ1v) is 9.67. The molecule has 1 atom stereocenters. The van der Waals surface area contributed by atoms with E-state index in [-0.39, 0.29) is 10.8 Å². The van der Waals surface area contributed by atoms with Gasteiger partial charge in [0.2, 0.25) is 0 Å². The van der Waals surface area contributed by atoms with Gasteiger partial charge in [0.05, 0.1) is 0 Å². The first-order valence-electron chi connectivity index (χ1n) is 9.67. The predicted molar refractivity (Wildman–Crippen MR) is 110 cm³/mol. The second-order valence-electron chi connectivity index (χ2n) is 9.62. The molecule has 3 rings (SSSR count). The smallest absolute Gasteiger partial charge is 0.142 e. The van der Waals surface area contributed by atoms with E-state index in [4.69, 9.17) is 4.74 Å². The SMILES string of the molecule is C[C@@H](c1ccccc1)N1COc2c(cc(C(C)(C)C)cc2C(C)(C)C)C1. The van der Waals surface area contributed by atoms with Crippen LogP contribution in [0.4, 0.5) is 0 Å². The van der Waals surface area contributed by atoms with E-state index in [1.54, 1.807) is 0 Å². The van der Waals surface area contributed by atoms with Crippen molar-refractivity contribution in [1.29, 1.82) is 0 Å². The van der Waals surface area contributed by atoms with Crippen molar-refractivity contribution in [3.05, 3.63) is 64.7 Å². The summed E-state index contributed by atoms with van der Waals surface area (Å²) in [5.74, 6) is 1.10. The molecule has 2 aromatic rings. The second-order valence-corrected chi connectivity index (χ2v) is 9.62. The van der Waals surface area contributed by atoms with E-state index in [0.717, 1.165) is 12.3 Å². The normalized spacial score (nSPS) is 16.7. The van der Waals surface area contributed by atoms with Gasteiger partial charge in [0.1, 0.15) is 12.5 Å². The summed E-state index contributed by atoms with van der Waals surface area (Å²) in [4.78, 5) is 2.41. The van der Waals surface area contributed by atoms with Crippen LogP contribution in [0.2, 0.25) is 0 Å². The minimum atomic E-state index is 0.0680. The number of hydrogen-bond donors (Lipinski definition) is 0. The van der Waals surface area contributed by atoms with Gasteiger partial charge in [0, 0.05) is 23.7 Å². The van der Waals surface area contributed by atoms with Crippen LogP contribution < -0.4 is 4.74 Å².